The molecule has 2 fully saturated rings. The van der Waals surface area contributed by atoms with Gasteiger partial charge in [0.05, 0.1) is 26.1 Å². The van der Waals surface area contributed by atoms with Gasteiger partial charge in [-0.25, -0.2) is 4.79 Å². The van der Waals surface area contributed by atoms with Gasteiger partial charge in [-0.1, -0.05) is 0 Å². The molecule has 2 aliphatic rings. The van der Waals surface area contributed by atoms with Crippen molar-refractivity contribution in [2.75, 3.05) is 13.2 Å². The first-order chi connectivity index (χ1) is 16.2. The maximum atomic E-state index is 12.3. The second-order valence-electron chi connectivity index (χ2n) is 8.07. The van der Waals surface area contributed by atoms with Gasteiger partial charge in [-0.3, -0.25) is 9.59 Å². The molecule has 202 valence electrons. The first-order valence-corrected chi connectivity index (χ1v) is 10.2. The van der Waals surface area contributed by atoms with E-state index in [0.29, 0.717) is 0 Å². The highest BCUT2D eigenvalue weighted by Gasteiger charge is 2.52. The van der Waals surface area contributed by atoms with E-state index >= 15 is 0 Å². The van der Waals surface area contributed by atoms with E-state index in [-0.39, 0.29) is 0 Å². The SMILES string of the molecule is O=C(O)CC(O)(CC(=O)O[C@@H]1[C@@H](O)[C@@H](O[C@H]2[C@H](O)[C@@H](O)[C@H](O)O[C@@H]2CO)O[C@H](CO)[C@H]1O)C(=O)O. The summed E-state index contributed by atoms with van der Waals surface area (Å²) in [7, 11) is 0. The van der Waals surface area contributed by atoms with E-state index in [1.807, 2.05) is 0 Å². The summed E-state index contributed by atoms with van der Waals surface area (Å²) in [5.41, 5.74) is -3.08. The Bertz CT molecular complexity index is 759. The number of carboxylic acids is 2. The number of hydrogen-bond acceptors (Lipinski definition) is 15. The van der Waals surface area contributed by atoms with Crippen molar-refractivity contribution in [1.82, 2.24) is 0 Å². The van der Waals surface area contributed by atoms with E-state index < -0.39 is 111 Å². The smallest absolute Gasteiger partial charge is 0.336 e. The molecule has 0 amide bonds. The highest BCUT2D eigenvalue weighted by molar-refractivity contribution is 5.88. The van der Waals surface area contributed by atoms with Crippen molar-refractivity contribution in [1.29, 1.82) is 0 Å². The van der Waals surface area contributed by atoms with Crippen molar-refractivity contribution in [3.8, 4) is 0 Å². The number of ether oxygens (including phenoxy) is 4. The molecule has 0 aromatic carbocycles. The summed E-state index contributed by atoms with van der Waals surface area (Å²) in [6, 6.07) is 0. The molecule has 35 heavy (non-hydrogen) atoms. The van der Waals surface area contributed by atoms with Crippen LogP contribution in [0.3, 0.4) is 0 Å². The average molecular weight is 516 g/mol. The molecule has 0 radical (unpaired) electrons. The molecule has 17 heteroatoms. The van der Waals surface area contributed by atoms with Crippen LogP contribution in [0.2, 0.25) is 0 Å². The third-order valence-electron chi connectivity index (χ3n) is 5.50. The largest absolute Gasteiger partial charge is 0.481 e. The zero-order valence-electron chi connectivity index (χ0n) is 17.9. The predicted octanol–water partition coefficient (Wildman–Crippen LogP) is -6.17. The maximum Gasteiger partial charge on any atom is 0.336 e. The van der Waals surface area contributed by atoms with Gasteiger partial charge >= 0.3 is 17.9 Å². The van der Waals surface area contributed by atoms with Crippen LogP contribution in [0.5, 0.6) is 0 Å². The third-order valence-corrected chi connectivity index (χ3v) is 5.50. The van der Waals surface area contributed by atoms with Crippen molar-refractivity contribution in [2.24, 2.45) is 0 Å². The van der Waals surface area contributed by atoms with Crippen LogP contribution in [0.1, 0.15) is 12.8 Å². The first-order valence-electron chi connectivity index (χ1n) is 10.2. The van der Waals surface area contributed by atoms with Crippen LogP contribution in [0.15, 0.2) is 0 Å². The van der Waals surface area contributed by atoms with E-state index in [4.69, 9.17) is 29.2 Å². The molecular formula is C18H28O17. The molecule has 17 nitrogen and oxygen atoms in total. The second kappa shape index (κ2) is 11.8. The molecule has 0 saturated carbocycles. The number of aliphatic hydroxyl groups is 8. The summed E-state index contributed by atoms with van der Waals surface area (Å²) in [5, 5.41) is 97.2. The second-order valence-corrected chi connectivity index (χ2v) is 8.07. The quantitative estimate of drug-likeness (QED) is 0.121. The molecule has 0 aromatic heterocycles. The van der Waals surface area contributed by atoms with Gasteiger partial charge in [-0.2, -0.15) is 0 Å². The Balaban J connectivity index is 2.20. The highest BCUT2D eigenvalue weighted by atomic mass is 16.7. The molecule has 2 heterocycles. The number of hydrogen-bond donors (Lipinski definition) is 10. The van der Waals surface area contributed by atoms with Crippen molar-refractivity contribution >= 4 is 17.9 Å². The number of carbonyl (C=O) groups excluding carboxylic acids is 1. The molecule has 0 bridgehead atoms. The van der Waals surface area contributed by atoms with Crippen LogP contribution < -0.4 is 0 Å². The Morgan fingerprint density at radius 2 is 1.37 bits per heavy atom. The zero-order chi connectivity index (χ0) is 26.7. The normalized spacial score (nSPS) is 39.4. The predicted molar refractivity (Wildman–Crippen MR) is 102 cm³/mol. The fourth-order valence-corrected chi connectivity index (χ4v) is 3.59. The first kappa shape index (κ1) is 29.2. The molecule has 10 N–H and O–H groups in total. The molecule has 2 rings (SSSR count). The summed E-state index contributed by atoms with van der Waals surface area (Å²) in [5.74, 6) is -5.35. The Morgan fingerprint density at radius 1 is 0.771 bits per heavy atom. The standard InChI is InChI=1S/C18H28O17/c19-3-5-9(24)14(34-8(23)2-18(31,17(29)30)1-7(21)22)12(27)16(33-5)35-13-6(4-20)32-15(28)11(26)10(13)25/h5-6,9-16,19-20,24-28,31H,1-4H2,(H,21,22)(H,29,30)/t5-,6-,9-,10-,11-,12-,13-,14+,15-,16-,18?/m1/s1. The monoisotopic (exact) mass is 516 g/mol. The number of carbonyl (C=O) groups is 3. The molecule has 2 saturated heterocycles. The van der Waals surface area contributed by atoms with Gasteiger partial charge in [0.1, 0.15) is 42.7 Å². The Kier molecular flexibility index (Phi) is 9.85. The van der Waals surface area contributed by atoms with Crippen LogP contribution in [0.4, 0.5) is 0 Å². The summed E-state index contributed by atoms with van der Waals surface area (Å²) < 4.78 is 20.3. The van der Waals surface area contributed by atoms with Gasteiger partial charge in [0.25, 0.3) is 0 Å². The number of aliphatic carboxylic acids is 2. The highest BCUT2D eigenvalue weighted by Crippen LogP contribution is 2.30. The fourth-order valence-electron chi connectivity index (χ4n) is 3.59. The van der Waals surface area contributed by atoms with Gasteiger partial charge in [-0.15, -0.1) is 0 Å². The van der Waals surface area contributed by atoms with Crippen LogP contribution in [-0.2, 0) is 33.3 Å². The van der Waals surface area contributed by atoms with Crippen molar-refractivity contribution in [3.63, 3.8) is 0 Å². The van der Waals surface area contributed by atoms with Crippen LogP contribution in [0.25, 0.3) is 0 Å². The van der Waals surface area contributed by atoms with E-state index in [2.05, 4.69) is 0 Å². The maximum absolute atomic E-state index is 12.3. The minimum atomic E-state index is -3.08. The summed E-state index contributed by atoms with van der Waals surface area (Å²) >= 11 is 0. The van der Waals surface area contributed by atoms with E-state index in [1.54, 1.807) is 0 Å². The van der Waals surface area contributed by atoms with Crippen molar-refractivity contribution < 1.29 is 84.4 Å². The van der Waals surface area contributed by atoms with Crippen molar-refractivity contribution in [3.05, 3.63) is 0 Å². The average Bonchev–Trinajstić information content (AvgIpc) is 2.77. The zero-order valence-corrected chi connectivity index (χ0v) is 17.9. The van der Waals surface area contributed by atoms with Crippen LogP contribution in [0, 0.1) is 0 Å². The number of rotatable bonds is 10. The number of esters is 1. The Labute approximate surface area is 196 Å². The molecule has 0 spiro atoms. The van der Waals surface area contributed by atoms with E-state index in [0.717, 1.165) is 0 Å². The molecule has 0 aromatic rings. The van der Waals surface area contributed by atoms with Crippen LogP contribution >= 0.6 is 0 Å². The topological polar surface area (TPSA) is 290 Å². The Hall–Kier alpha value is -2.03. The van der Waals surface area contributed by atoms with Crippen molar-refractivity contribution in [2.45, 2.75) is 79.9 Å². The molecular weight excluding hydrogens is 488 g/mol. The summed E-state index contributed by atoms with van der Waals surface area (Å²) in [4.78, 5) is 34.3. The third kappa shape index (κ3) is 6.60. The van der Waals surface area contributed by atoms with Gasteiger partial charge in [0.2, 0.25) is 0 Å². The lowest BCUT2D eigenvalue weighted by molar-refractivity contribution is -0.355. The minimum Gasteiger partial charge on any atom is -0.481 e. The number of carboxylic acid groups (broad SMARTS) is 2. The lowest BCUT2D eigenvalue weighted by Crippen LogP contribution is -2.65. The molecule has 2 aliphatic heterocycles. The van der Waals surface area contributed by atoms with E-state index in [1.165, 1.54) is 0 Å². The minimum absolute atomic E-state index is 0.837. The molecule has 1 unspecified atom stereocenters. The lowest BCUT2D eigenvalue weighted by atomic mass is 9.95. The fraction of sp³-hybridized carbons (Fsp3) is 0.833. The lowest BCUT2D eigenvalue weighted by Gasteiger charge is -2.45. The van der Waals surface area contributed by atoms with Gasteiger partial charge < -0.3 is 70.0 Å². The Morgan fingerprint density at radius 3 is 1.89 bits per heavy atom. The molecule has 11 atom stereocenters. The van der Waals surface area contributed by atoms with E-state index in [9.17, 15) is 55.2 Å². The number of aliphatic hydroxyl groups excluding tert-OH is 7. The van der Waals surface area contributed by atoms with Gasteiger partial charge in [0.15, 0.2) is 24.3 Å². The summed E-state index contributed by atoms with van der Waals surface area (Å²) in [6.45, 7) is -1.76. The van der Waals surface area contributed by atoms with Gasteiger partial charge in [-0.05, 0) is 0 Å². The van der Waals surface area contributed by atoms with Crippen LogP contribution in [-0.4, -0.2) is 149 Å². The molecule has 0 aliphatic carbocycles. The summed E-state index contributed by atoms with van der Waals surface area (Å²) in [6.07, 6.45) is -21.0. The van der Waals surface area contributed by atoms with Gasteiger partial charge in [0, 0.05) is 0 Å².